The average molecular weight is 193 g/mol. The molecule has 76 valence electrons. The third-order valence-electron chi connectivity index (χ3n) is 2.34. The lowest BCUT2D eigenvalue weighted by Gasteiger charge is -2.21. The van der Waals surface area contributed by atoms with E-state index in [-0.39, 0.29) is 6.04 Å². The normalized spacial score (nSPS) is 12.1. The van der Waals surface area contributed by atoms with Gasteiger partial charge in [0.15, 0.2) is 0 Å². The standard InChI is InChI=1S/C11H15NO2/c1-9(12(2)11(13)14)8-10-6-4-3-5-7-10/h3-7,9H,8H2,1-2H3,(H,13,14)/t9-/m1/s1. The molecule has 0 saturated heterocycles. The van der Waals surface area contributed by atoms with E-state index in [9.17, 15) is 4.79 Å². The van der Waals surface area contributed by atoms with Crippen molar-refractivity contribution in [2.24, 2.45) is 0 Å². The molecule has 14 heavy (non-hydrogen) atoms. The fourth-order valence-corrected chi connectivity index (χ4v) is 1.28. The van der Waals surface area contributed by atoms with E-state index in [1.165, 1.54) is 4.90 Å². The van der Waals surface area contributed by atoms with Crippen LogP contribution in [0.2, 0.25) is 0 Å². The first-order valence-electron chi connectivity index (χ1n) is 4.61. The topological polar surface area (TPSA) is 40.5 Å². The van der Waals surface area contributed by atoms with Crippen LogP contribution in [0.4, 0.5) is 4.79 Å². The van der Waals surface area contributed by atoms with Gasteiger partial charge in [0, 0.05) is 13.1 Å². The summed E-state index contributed by atoms with van der Waals surface area (Å²) >= 11 is 0. The highest BCUT2D eigenvalue weighted by atomic mass is 16.4. The van der Waals surface area contributed by atoms with Crippen LogP contribution >= 0.6 is 0 Å². The zero-order chi connectivity index (χ0) is 10.6. The maximum Gasteiger partial charge on any atom is 0.407 e. The predicted octanol–water partition coefficient (Wildman–Crippen LogP) is 2.23. The van der Waals surface area contributed by atoms with Crippen LogP contribution in [0.3, 0.4) is 0 Å². The summed E-state index contributed by atoms with van der Waals surface area (Å²) in [6.45, 7) is 1.90. The second kappa shape index (κ2) is 4.65. The minimum atomic E-state index is -0.881. The van der Waals surface area contributed by atoms with Crippen LogP contribution in [0.15, 0.2) is 30.3 Å². The second-order valence-corrected chi connectivity index (χ2v) is 3.43. The first-order chi connectivity index (χ1) is 6.61. The van der Waals surface area contributed by atoms with Crippen molar-refractivity contribution in [3.8, 4) is 0 Å². The molecule has 0 aromatic heterocycles. The maximum atomic E-state index is 10.7. The molecule has 1 rings (SSSR count). The summed E-state index contributed by atoms with van der Waals surface area (Å²) in [6.07, 6.45) is -0.127. The largest absolute Gasteiger partial charge is 0.465 e. The molecule has 0 aliphatic rings. The van der Waals surface area contributed by atoms with Crippen molar-refractivity contribution in [1.82, 2.24) is 4.90 Å². The second-order valence-electron chi connectivity index (χ2n) is 3.43. The highest BCUT2D eigenvalue weighted by molar-refractivity contribution is 5.64. The lowest BCUT2D eigenvalue weighted by molar-refractivity contribution is 0.141. The SMILES string of the molecule is C[C@H](Cc1ccccc1)N(C)C(=O)O. The molecular formula is C11H15NO2. The van der Waals surface area contributed by atoms with Gasteiger partial charge in [-0.25, -0.2) is 4.79 Å². The van der Waals surface area contributed by atoms with Gasteiger partial charge in [0.05, 0.1) is 0 Å². The highest BCUT2D eigenvalue weighted by Crippen LogP contribution is 2.06. The van der Waals surface area contributed by atoms with Gasteiger partial charge >= 0.3 is 6.09 Å². The molecule has 0 unspecified atom stereocenters. The number of benzene rings is 1. The van der Waals surface area contributed by atoms with Crippen molar-refractivity contribution in [1.29, 1.82) is 0 Å². The van der Waals surface area contributed by atoms with Crippen LogP contribution < -0.4 is 0 Å². The van der Waals surface area contributed by atoms with Crippen molar-refractivity contribution in [3.63, 3.8) is 0 Å². The molecule has 3 nitrogen and oxygen atoms in total. The smallest absolute Gasteiger partial charge is 0.407 e. The van der Waals surface area contributed by atoms with Crippen molar-refractivity contribution in [2.75, 3.05) is 7.05 Å². The van der Waals surface area contributed by atoms with Crippen LogP contribution in [0, 0.1) is 0 Å². The quantitative estimate of drug-likeness (QED) is 0.799. The fourth-order valence-electron chi connectivity index (χ4n) is 1.28. The summed E-state index contributed by atoms with van der Waals surface area (Å²) in [7, 11) is 1.59. The first kappa shape index (κ1) is 10.6. The third kappa shape index (κ3) is 2.76. The minimum Gasteiger partial charge on any atom is -0.465 e. The van der Waals surface area contributed by atoms with Gasteiger partial charge in [0.2, 0.25) is 0 Å². The molecule has 1 atom stereocenters. The molecule has 3 heteroatoms. The Bertz CT molecular complexity index is 297. The summed E-state index contributed by atoms with van der Waals surface area (Å²) in [4.78, 5) is 12.0. The first-order valence-corrected chi connectivity index (χ1v) is 4.61. The maximum absolute atomic E-state index is 10.7. The average Bonchev–Trinajstić information content (AvgIpc) is 2.18. The minimum absolute atomic E-state index is 0.00917. The van der Waals surface area contributed by atoms with E-state index in [0.717, 1.165) is 12.0 Å². The number of carbonyl (C=O) groups is 1. The van der Waals surface area contributed by atoms with E-state index < -0.39 is 6.09 Å². The molecule has 0 saturated carbocycles. The number of likely N-dealkylation sites (N-methyl/N-ethyl adjacent to an activating group) is 1. The molecule has 1 aromatic carbocycles. The number of amides is 1. The number of hydrogen-bond donors (Lipinski definition) is 1. The van der Waals surface area contributed by atoms with E-state index in [1.807, 2.05) is 37.3 Å². The van der Waals surface area contributed by atoms with Crippen LogP contribution in [-0.2, 0) is 6.42 Å². The van der Waals surface area contributed by atoms with Gasteiger partial charge in [-0.2, -0.15) is 0 Å². The lowest BCUT2D eigenvalue weighted by Crippen LogP contribution is -2.35. The Kier molecular flexibility index (Phi) is 3.51. The summed E-state index contributed by atoms with van der Waals surface area (Å²) in [5, 5.41) is 8.76. The number of carboxylic acid groups (broad SMARTS) is 1. The van der Waals surface area contributed by atoms with Crippen LogP contribution in [0.5, 0.6) is 0 Å². The summed E-state index contributed by atoms with van der Waals surface area (Å²) in [5.41, 5.74) is 1.16. The Labute approximate surface area is 84.0 Å². The zero-order valence-electron chi connectivity index (χ0n) is 8.47. The Morgan fingerprint density at radius 2 is 2.00 bits per heavy atom. The zero-order valence-corrected chi connectivity index (χ0v) is 8.47. The molecule has 0 aliphatic carbocycles. The van der Waals surface area contributed by atoms with Crippen molar-refractivity contribution in [2.45, 2.75) is 19.4 Å². The molecule has 0 radical (unpaired) electrons. The molecule has 0 bridgehead atoms. The number of rotatable bonds is 3. The van der Waals surface area contributed by atoms with E-state index in [1.54, 1.807) is 7.05 Å². The molecule has 0 heterocycles. The van der Waals surface area contributed by atoms with Crippen molar-refractivity contribution < 1.29 is 9.90 Å². The number of hydrogen-bond acceptors (Lipinski definition) is 1. The van der Waals surface area contributed by atoms with Gasteiger partial charge < -0.3 is 10.0 Å². The molecule has 1 amide bonds. The van der Waals surface area contributed by atoms with Crippen molar-refractivity contribution in [3.05, 3.63) is 35.9 Å². The van der Waals surface area contributed by atoms with Crippen molar-refractivity contribution >= 4 is 6.09 Å². The predicted molar refractivity (Wildman–Crippen MR) is 55.4 cm³/mol. The molecule has 0 spiro atoms. The van der Waals surface area contributed by atoms with Crippen LogP contribution in [0.25, 0.3) is 0 Å². The van der Waals surface area contributed by atoms with E-state index >= 15 is 0 Å². The molecular weight excluding hydrogens is 178 g/mol. The molecule has 0 aliphatic heterocycles. The Morgan fingerprint density at radius 1 is 1.43 bits per heavy atom. The van der Waals surface area contributed by atoms with E-state index in [0.29, 0.717) is 0 Å². The van der Waals surface area contributed by atoms with Gasteiger partial charge in [-0.05, 0) is 18.9 Å². The number of nitrogens with zero attached hydrogens (tertiary/aromatic N) is 1. The monoisotopic (exact) mass is 193 g/mol. The van der Waals surface area contributed by atoms with E-state index in [4.69, 9.17) is 5.11 Å². The van der Waals surface area contributed by atoms with Crippen LogP contribution in [-0.4, -0.2) is 29.2 Å². The third-order valence-corrected chi connectivity index (χ3v) is 2.34. The van der Waals surface area contributed by atoms with Crippen LogP contribution in [0.1, 0.15) is 12.5 Å². The van der Waals surface area contributed by atoms with Gasteiger partial charge in [-0.1, -0.05) is 30.3 Å². The Balaban J connectivity index is 2.57. The summed E-state index contributed by atoms with van der Waals surface area (Å²) in [6, 6.07) is 9.90. The van der Waals surface area contributed by atoms with Gasteiger partial charge in [0.25, 0.3) is 0 Å². The lowest BCUT2D eigenvalue weighted by atomic mass is 10.1. The molecule has 1 N–H and O–H groups in total. The summed E-state index contributed by atoms with van der Waals surface area (Å²) in [5.74, 6) is 0. The van der Waals surface area contributed by atoms with Gasteiger partial charge in [-0.3, -0.25) is 0 Å². The Morgan fingerprint density at radius 3 is 2.50 bits per heavy atom. The fraction of sp³-hybridized carbons (Fsp3) is 0.364. The van der Waals surface area contributed by atoms with Gasteiger partial charge in [-0.15, -0.1) is 0 Å². The molecule has 0 fully saturated rings. The van der Waals surface area contributed by atoms with E-state index in [2.05, 4.69) is 0 Å². The molecule has 1 aromatic rings. The highest BCUT2D eigenvalue weighted by Gasteiger charge is 2.13. The summed E-state index contributed by atoms with van der Waals surface area (Å²) < 4.78 is 0. The van der Waals surface area contributed by atoms with Gasteiger partial charge in [0.1, 0.15) is 0 Å². The Hall–Kier alpha value is -1.51.